The number of carbonyl (C=O) groups excluding carboxylic acids is 2. The van der Waals surface area contributed by atoms with Gasteiger partial charge in [0.1, 0.15) is 11.3 Å². The molecule has 0 radical (unpaired) electrons. The molecule has 136 valence electrons. The predicted molar refractivity (Wildman–Crippen MR) is 99.0 cm³/mol. The third-order valence-corrected chi connectivity index (χ3v) is 4.03. The highest BCUT2D eigenvalue weighted by Crippen LogP contribution is 2.24. The van der Waals surface area contributed by atoms with Crippen LogP contribution in [0.25, 0.3) is 0 Å². The number of nitrogens with zero attached hydrogens (tertiary/aromatic N) is 1. The molecule has 3 rings (SSSR count). The van der Waals surface area contributed by atoms with Gasteiger partial charge in [0.15, 0.2) is 12.1 Å². The van der Waals surface area contributed by atoms with Crippen molar-refractivity contribution in [2.75, 3.05) is 7.11 Å². The largest absolute Gasteiger partial charge is 0.497 e. The van der Waals surface area contributed by atoms with Crippen molar-refractivity contribution in [1.29, 1.82) is 0 Å². The molecule has 3 aromatic rings. The average molecular weight is 363 g/mol. The van der Waals surface area contributed by atoms with Crippen molar-refractivity contribution in [2.45, 2.75) is 6.04 Å². The quantitative estimate of drug-likeness (QED) is 0.653. The Labute approximate surface area is 155 Å². The first-order chi connectivity index (χ1) is 13.1. The molecule has 2 aromatic carbocycles. The van der Waals surface area contributed by atoms with Crippen molar-refractivity contribution in [3.63, 3.8) is 0 Å². The normalized spacial score (nSPS) is 11.4. The molecule has 0 spiro atoms. The summed E-state index contributed by atoms with van der Waals surface area (Å²) in [6.07, 6.45) is 1.50. The first kappa shape index (κ1) is 18.1. The summed E-state index contributed by atoms with van der Waals surface area (Å²) in [7, 11) is 1.58. The van der Waals surface area contributed by atoms with E-state index in [1.165, 1.54) is 0 Å². The fraction of sp³-hybridized carbons (Fsp3) is 0.100. The van der Waals surface area contributed by atoms with E-state index in [9.17, 15) is 14.4 Å². The van der Waals surface area contributed by atoms with Crippen LogP contribution in [0.5, 0.6) is 5.75 Å². The van der Waals surface area contributed by atoms with E-state index in [4.69, 9.17) is 4.74 Å². The maximum absolute atomic E-state index is 12.7. The molecule has 1 amide bonds. The smallest absolute Gasteiger partial charge is 0.264 e. The number of amides is 1. The Morgan fingerprint density at radius 3 is 2.37 bits per heavy atom. The second-order valence-electron chi connectivity index (χ2n) is 5.72. The predicted octanol–water partition coefficient (Wildman–Crippen LogP) is 2.11. The van der Waals surface area contributed by atoms with E-state index in [2.05, 4.69) is 15.3 Å². The third kappa shape index (κ3) is 4.09. The number of nitrogens with one attached hydrogen (secondary N) is 2. The van der Waals surface area contributed by atoms with Crippen LogP contribution >= 0.6 is 0 Å². The van der Waals surface area contributed by atoms with Crippen LogP contribution in [0.4, 0.5) is 0 Å². The van der Waals surface area contributed by atoms with Crippen molar-refractivity contribution in [3.05, 3.63) is 93.7 Å². The van der Waals surface area contributed by atoms with E-state index < -0.39 is 17.5 Å². The second kappa shape index (κ2) is 8.09. The summed E-state index contributed by atoms with van der Waals surface area (Å²) in [5.41, 5.74) is 0.829. The monoisotopic (exact) mass is 363 g/mol. The van der Waals surface area contributed by atoms with E-state index >= 15 is 0 Å². The molecular weight excluding hydrogens is 346 g/mol. The molecule has 0 saturated heterocycles. The van der Waals surface area contributed by atoms with Crippen LogP contribution in [0.2, 0.25) is 0 Å². The summed E-state index contributed by atoms with van der Waals surface area (Å²) in [5, 5.41) is 2.85. The number of carbonyl (C=O) groups is 2. The molecule has 1 aromatic heterocycles. The fourth-order valence-electron chi connectivity index (χ4n) is 2.64. The van der Waals surface area contributed by atoms with Gasteiger partial charge in [-0.2, -0.15) is 0 Å². The van der Waals surface area contributed by atoms with Gasteiger partial charge in [0.05, 0.1) is 13.2 Å². The van der Waals surface area contributed by atoms with E-state index in [1.807, 2.05) is 42.5 Å². The summed E-state index contributed by atoms with van der Waals surface area (Å²) in [4.78, 5) is 41.4. The van der Waals surface area contributed by atoms with Crippen molar-refractivity contribution in [2.24, 2.45) is 0 Å². The van der Waals surface area contributed by atoms with Gasteiger partial charge in [0.2, 0.25) is 0 Å². The van der Waals surface area contributed by atoms with Gasteiger partial charge in [-0.25, -0.2) is 4.98 Å². The Bertz CT molecular complexity index is 998. The van der Waals surface area contributed by atoms with Crippen molar-refractivity contribution < 1.29 is 14.3 Å². The number of rotatable bonds is 6. The summed E-state index contributed by atoms with van der Waals surface area (Å²) in [6, 6.07) is 16.2. The average Bonchev–Trinajstić information content (AvgIpc) is 2.72. The number of benzene rings is 2. The van der Waals surface area contributed by atoms with E-state index in [0.29, 0.717) is 12.0 Å². The Kier molecular flexibility index (Phi) is 5.41. The summed E-state index contributed by atoms with van der Waals surface area (Å²) < 4.78 is 5.17. The molecule has 1 atom stereocenters. The fourth-order valence-corrected chi connectivity index (χ4v) is 2.64. The molecule has 1 unspecified atom stereocenters. The van der Waals surface area contributed by atoms with Gasteiger partial charge in [-0.3, -0.25) is 14.4 Å². The van der Waals surface area contributed by atoms with Crippen molar-refractivity contribution >= 4 is 12.2 Å². The van der Waals surface area contributed by atoms with Gasteiger partial charge >= 0.3 is 0 Å². The number of ether oxygens (including phenoxy) is 1. The van der Waals surface area contributed by atoms with E-state index in [0.717, 1.165) is 17.3 Å². The van der Waals surface area contributed by atoms with Gasteiger partial charge in [-0.15, -0.1) is 0 Å². The Balaban J connectivity index is 1.95. The van der Waals surface area contributed by atoms with Gasteiger partial charge in [-0.05, 0) is 23.3 Å². The van der Waals surface area contributed by atoms with E-state index in [1.54, 1.807) is 19.2 Å². The molecule has 0 aliphatic rings. The van der Waals surface area contributed by atoms with Crippen LogP contribution in [0.3, 0.4) is 0 Å². The number of aromatic amines is 1. The minimum absolute atomic E-state index is 0.133. The maximum atomic E-state index is 12.7. The zero-order valence-electron chi connectivity index (χ0n) is 14.5. The lowest BCUT2D eigenvalue weighted by atomic mass is 9.98. The zero-order valence-corrected chi connectivity index (χ0v) is 14.5. The number of methoxy groups -OCH3 is 1. The Morgan fingerprint density at radius 1 is 1.11 bits per heavy atom. The standard InChI is InChI=1S/C20H17N3O4/c1-27-15-9-7-14(8-10-15)18(13-5-3-2-4-6-13)23-20(26)16-11-21-17(12-24)22-19(16)25/h2-12,18H,1H3,(H,23,26)(H,21,22,25). The molecule has 0 aliphatic carbocycles. The number of hydrogen-bond donors (Lipinski definition) is 2. The van der Waals surface area contributed by atoms with E-state index in [-0.39, 0.29) is 11.4 Å². The highest BCUT2D eigenvalue weighted by Gasteiger charge is 2.20. The molecule has 0 aliphatic heterocycles. The molecule has 2 N–H and O–H groups in total. The number of aldehydes is 1. The van der Waals surface area contributed by atoms with Crippen LogP contribution in [-0.4, -0.2) is 29.3 Å². The molecule has 7 nitrogen and oxygen atoms in total. The number of H-pyrrole nitrogens is 1. The third-order valence-electron chi connectivity index (χ3n) is 4.03. The molecule has 0 bridgehead atoms. The van der Waals surface area contributed by atoms with Crippen LogP contribution in [0.1, 0.15) is 38.1 Å². The minimum Gasteiger partial charge on any atom is -0.497 e. The van der Waals surface area contributed by atoms with Crippen molar-refractivity contribution in [1.82, 2.24) is 15.3 Å². The minimum atomic E-state index is -0.675. The van der Waals surface area contributed by atoms with Gasteiger partial charge in [-0.1, -0.05) is 42.5 Å². The number of aromatic nitrogens is 2. The Morgan fingerprint density at radius 2 is 1.78 bits per heavy atom. The van der Waals surface area contributed by atoms with Gasteiger partial charge in [0.25, 0.3) is 11.5 Å². The highest BCUT2D eigenvalue weighted by molar-refractivity contribution is 5.94. The lowest BCUT2D eigenvalue weighted by molar-refractivity contribution is 0.0940. The summed E-state index contributed by atoms with van der Waals surface area (Å²) >= 11 is 0. The van der Waals surface area contributed by atoms with Gasteiger partial charge < -0.3 is 15.0 Å². The first-order valence-electron chi connectivity index (χ1n) is 8.16. The molecule has 1 heterocycles. The summed E-state index contributed by atoms with van der Waals surface area (Å²) in [5.74, 6) is -0.0285. The summed E-state index contributed by atoms with van der Waals surface area (Å²) in [6.45, 7) is 0. The van der Waals surface area contributed by atoms with Crippen LogP contribution < -0.4 is 15.6 Å². The number of hydrogen-bond acceptors (Lipinski definition) is 5. The van der Waals surface area contributed by atoms with Crippen LogP contribution in [0, 0.1) is 0 Å². The molecule has 0 fully saturated rings. The SMILES string of the molecule is COc1ccc(C(NC(=O)c2cnc(C=O)[nH]c2=O)c2ccccc2)cc1. The van der Waals surface area contributed by atoms with Crippen LogP contribution in [-0.2, 0) is 0 Å². The topological polar surface area (TPSA) is 101 Å². The first-order valence-corrected chi connectivity index (χ1v) is 8.16. The molecule has 27 heavy (non-hydrogen) atoms. The molecule has 7 heteroatoms. The molecular formula is C20H17N3O4. The lowest BCUT2D eigenvalue weighted by Crippen LogP contribution is -2.34. The van der Waals surface area contributed by atoms with Crippen molar-refractivity contribution in [3.8, 4) is 5.75 Å². The zero-order chi connectivity index (χ0) is 19.2. The second-order valence-corrected chi connectivity index (χ2v) is 5.72. The molecule has 0 saturated carbocycles. The lowest BCUT2D eigenvalue weighted by Gasteiger charge is -2.20. The maximum Gasteiger partial charge on any atom is 0.264 e. The highest BCUT2D eigenvalue weighted by atomic mass is 16.5. The van der Waals surface area contributed by atoms with Crippen LogP contribution in [0.15, 0.2) is 65.6 Å². The Hall–Kier alpha value is -3.74. The van der Waals surface area contributed by atoms with Gasteiger partial charge in [0, 0.05) is 6.20 Å².